The van der Waals surface area contributed by atoms with E-state index in [0.717, 1.165) is 38.3 Å². The molecule has 1 aliphatic heterocycles. The van der Waals surface area contributed by atoms with Crippen LogP contribution in [-0.2, 0) is 6.54 Å². The van der Waals surface area contributed by atoms with Crippen LogP contribution in [0.3, 0.4) is 0 Å². The largest absolute Gasteiger partial charge is 0.297 e. The van der Waals surface area contributed by atoms with Crippen molar-refractivity contribution >= 4 is 0 Å². The van der Waals surface area contributed by atoms with Gasteiger partial charge in [0.1, 0.15) is 11.9 Å². The third kappa shape index (κ3) is 3.54. The third-order valence-corrected chi connectivity index (χ3v) is 3.34. The van der Waals surface area contributed by atoms with E-state index in [-0.39, 0.29) is 5.56 Å². The van der Waals surface area contributed by atoms with Gasteiger partial charge in [-0.2, -0.15) is 5.26 Å². The Balaban J connectivity index is 1.93. The minimum Gasteiger partial charge on any atom is -0.297 e. The van der Waals surface area contributed by atoms with Crippen LogP contribution in [0, 0.1) is 29.5 Å². The van der Waals surface area contributed by atoms with Crippen molar-refractivity contribution < 1.29 is 4.39 Å². The predicted octanol–water partition coefficient (Wildman–Crippen LogP) is 1.45. The number of piperazine rings is 1. The highest BCUT2D eigenvalue weighted by atomic mass is 19.1. The SMILES string of the molecule is C#CCN1CCN(Cc2ccc(F)c(C#N)c2)CC1. The van der Waals surface area contributed by atoms with E-state index in [9.17, 15) is 4.39 Å². The average Bonchev–Trinajstić information content (AvgIpc) is 2.43. The van der Waals surface area contributed by atoms with E-state index in [4.69, 9.17) is 11.7 Å². The fourth-order valence-corrected chi connectivity index (χ4v) is 2.25. The van der Waals surface area contributed by atoms with Crippen molar-refractivity contribution in [2.75, 3.05) is 32.7 Å². The van der Waals surface area contributed by atoms with Gasteiger partial charge in [-0.1, -0.05) is 12.0 Å². The van der Waals surface area contributed by atoms with Crippen molar-refractivity contribution in [2.45, 2.75) is 6.54 Å². The fraction of sp³-hybridized carbons (Fsp3) is 0.400. The second-order valence-electron chi connectivity index (χ2n) is 4.68. The molecule has 1 aromatic carbocycles. The Morgan fingerprint density at radius 1 is 1.21 bits per heavy atom. The number of hydrogen-bond acceptors (Lipinski definition) is 3. The van der Waals surface area contributed by atoms with E-state index < -0.39 is 5.82 Å². The molecule has 0 spiro atoms. The molecule has 0 atom stereocenters. The quantitative estimate of drug-likeness (QED) is 0.768. The average molecular weight is 257 g/mol. The Morgan fingerprint density at radius 3 is 2.53 bits per heavy atom. The van der Waals surface area contributed by atoms with Crippen LogP contribution in [0.1, 0.15) is 11.1 Å². The smallest absolute Gasteiger partial charge is 0.140 e. The summed E-state index contributed by atoms with van der Waals surface area (Å²) in [5, 5.41) is 8.81. The Labute approximate surface area is 113 Å². The van der Waals surface area contributed by atoms with E-state index in [1.807, 2.05) is 6.07 Å². The van der Waals surface area contributed by atoms with Crippen LogP contribution in [0.15, 0.2) is 18.2 Å². The highest BCUT2D eigenvalue weighted by Crippen LogP contribution is 2.13. The first-order valence-corrected chi connectivity index (χ1v) is 6.29. The van der Waals surface area contributed by atoms with Crippen LogP contribution in [-0.4, -0.2) is 42.5 Å². The molecule has 98 valence electrons. The van der Waals surface area contributed by atoms with Crippen molar-refractivity contribution in [3.63, 3.8) is 0 Å². The summed E-state index contributed by atoms with van der Waals surface area (Å²) < 4.78 is 13.2. The van der Waals surface area contributed by atoms with Gasteiger partial charge < -0.3 is 0 Å². The third-order valence-electron chi connectivity index (χ3n) is 3.34. The predicted molar refractivity (Wildman–Crippen MR) is 71.7 cm³/mol. The second-order valence-corrected chi connectivity index (χ2v) is 4.68. The second kappa shape index (κ2) is 6.33. The maximum absolute atomic E-state index is 13.2. The van der Waals surface area contributed by atoms with Gasteiger partial charge in [0.15, 0.2) is 0 Å². The van der Waals surface area contributed by atoms with Gasteiger partial charge in [0, 0.05) is 32.7 Å². The zero-order valence-corrected chi connectivity index (χ0v) is 10.8. The summed E-state index contributed by atoms with van der Waals surface area (Å²) in [5.41, 5.74) is 1.09. The molecule has 19 heavy (non-hydrogen) atoms. The van der Waals surface area contributed by atoms with Gasteiger partial charge >= 0.3 is 0 Å². The summed E-state index contributed by atoms with van der Waals surface area (Å²) in [5.74, 6) is 2.20. The van der Waals surface area contributed by atoms with Gasteiger partial charge in [0.05, 0.1) is 12.1 Å². The number of nitrogens with zero attached hydrogens (tertiary/aromatic N) is 3. The first kappa shape index (κ1) is 13.5. The summed E-state index contributed by atoms with van der Waals surface area (Å²) in [6.07, 6.45) is 5.29. The molecule has 1 aliphatic rings. The van der Waals surface area contributed by atoms with Gasteiger partial charge in [-0.15, -0.1) is 6.42 Å². The van der Waals surface area contributed by atoms with E-state index in [0.29, 0.717) is 6.54 Å². The zero-order chi connectivity index (χ0) is 13.7. The number of terminal acetylenes is 1. The number of halogens is 1. The Morgan fingerprint density at radius 2 is 1.89 bits per heavy atom. The first-order chi connectivity index (χ1) is 9.22. The van der Waals surface area contributed by atoms with Crippen molar-refractivity contribution in [3.05, 3.63) is 35.1 Å². The van der Waals surface area contributed by atoms with Crippen LogP contribution in [0.4, 0.5) is 4.39 Å². The minimum atomic E-state index is -0.454. The van der Waals surface area contributed by atoms with Crippen molar-refractivity contribution in [1.29, 1.82) is 5.26 Å². The van der Waals surface area contributed by atoms with E-state index >= 15 is 0 Å². The topological polar surface area (TPSA) is 30.3 Å². The maximum atomic E-state index is 13.2. The lowest BCUT2D eigenvalue weighted by Crippen LogP contribution is -2.45. The number of rotatable bonds is 3. The molecule has 1 aromatic rings. The number of benzene rings is 1. The maximum Gasteiger partial charge on any atom is 0.140 e. The van der Waals surface area contributed by atoms with Crippen molar-refractivity contribution in [1.82, 2.24) is 9.80 Å². The van der Waals surface area contributed by atoms with E-state index in [2.05, 4.69) is 15.7 Å². The summed E-state index contributed by atoms with van der Waals surface area (Å²) in [6.45, 7) is 5.25. The highest BCUT2D eigenvalue weighted by molar-refractivity contribution is 5.34. The van der Waals surface area contributed by atoms with Crippen LogP contribution in [0.5, 0.6) is 0 Å². The molecule has 3 nitrogen and oxygen atoms in total. The summed E-state index contributed by atoms with van der Waals surface area (Å²) in [4.78, 5) is 4.53. The van der Waals surface area contributed by atoms with Crippen LogP contribution in [0.25, 0.3) is 0 Å². The fourth-order valence-electron chi connectivity index (χ4n) is 2.25. The van der Waals surface area contributed by atoms with E-state index in [1.54, 1.807) is 12.1 Å². The molecular weight excluding hydrogens is 241 g/mol. The zero-order valence-electron chi connectivity index (χ0n) is 10.8. The summed E-state index contributed by atoms with van der Waals surface area (Å²) in [7, 11) is 0. The normalized spacial score (nSPS) is 16.8. The molecule has 1 fully saturated rings. The first-order valence-electron chi connectivity index (χ1n) is 6.29. The molecule has 0 N–H and O–H groups in total. The lowest BCUT2D eigenvalue weighted by Gasteiger charge is -2.33. The molecule has 0 amide bonds. The molecule has 0 aliphatic carbocycles. The standard InChI is InChI=1S/C15H16FN3/c1-2-5-18-6-8-19(9-7-18)12-13-3-4-15(16)14(10-13)11-17/h1,3-4,10H,5-9,12H2. The minimum absolute atomic E-state index is 0.114. The summed E-state index contributed by atoms with van der Waals surface area (Å²) >= 11 is 0. The number of hydrogen-bond donors (Lipinski definition) is 0. The van der Waals surface area contributed by atoms with Gasteiger partial charge in [-0.3, -0.25) is 9.80 Å². The molecular formula is C15H16FN3. The Bertz CT molecular complexity index is 519. The van der Waals surface area contributed by atoms with Crippen LogP contribution >= 0.6 is 0 Å². The molecule has 1 heterocycles. The van der Waals surface area contributed by atoms with Crippen LogP contribution < -0.4 is 0 Å². The van der Waals surface area contributed by atoms with Crippen molar-refractivity contribution in [2.24, 2.45) is 0 Å². The molecule has 0 radical (unpaired) electrons. The lowest BCUT2D eigenvalue weighted by molar-refractivity contribution is 0.138. The molecule has 4 heteroatoms. The highest BCUT2D eigenvalue weighted by Gasteiger charge is 2.16. The molecule has 0 bridgehead atoms. The molecule has 1 saturated heterocycles. The summed E-state index contributed by atoms with van der Waals surface area (Å²) in [6, 6.07) is 6.60. The van der Waals surface area contributed by atoms with Gasteiger partial charge in [-0.25, -0.2) is 4.39 Å². The lowest BCUT2D eigenvalue weighted by atomic mass is 10.1. The van der Waals surface area contributed by atoms with Gasteiger partial charge in [-0.05, 0) is 17.7 Å². The monoisotopic (exact) mass is 257 g/mol. The molecule has 2 rings (SSSR count). The number of nitriles is 1. The van der Waals surface area contributed by atoms with Gasteiger partial charge in [0.25, 0.3) is 0 Å². The van der Waals surface area contributed by atoms with E-state index in [1.165, 1.54) is 6.07 Å². The molecule has 0 saturated carbocycles. The van der Waals surface area contributed by atoms with Crippen LogP contribution in [0.2, 0.25) is 0 Å². The Hall–Kier alpha value is -1.88. The molecule has 0 aromatic heterocycles. The Kier molecular flexibility index (Phi) is 4.52. The van der Waals surface area contributed by atoms with Crippen molar-refractivity contribution in [3.8, 4) is 18.4 Å². The molecule has 0 unspecified atom stereocenters. The van der Waals surface area contributed by atoms with Gasteiger partial charge in [0.2, 0.25) is 0 Å².